The highest BCUT2D eigenvalue weighted by molar-refractivity contribution is 6.30. The van der Waals surface area contributed by atoms with Gasteiger partial charge >= 0.3 is 0 Å². The van der Waals surface area contributed by atoms with Gasteiger partial charge in [-0.1, -0.05) is 23.7 Å². The molecule has 4 heteroatoms. The SMILES string of the molecule is Cn1ncc2c1CCCC2NCCc1ccc(Cl)cc1. The lowest BCUT2D eigenvalue weighted by Crippen LogP contribution is -2.27. The summed E-state index contributed by atoms with van der Waals surface area (Å²) in [4.78, 5) is 0. The van der Waals surface area contributed by atoms with E-state index in [1.165, 1.54) is 29.7 Å². The number of benzene rings is 1. The third kappa shape index (κ3) is 2.89. The van der Waals surface area contributed by atoms with Crippen molar-refractivity contribution in [2.24, 2.45) is 7.05 Å². The molecule has 0 radical (unpaired) electrons. The van der Waals surface area contributed by atoms with E-state index >= 15 is 0 Å². The minimum absolute atomic E-state index is 0.458. The molecule has 0 spiro atoms. The van der Waals surface area contributed by atoms with Crippen molar-refractivity contribution in [2.75, 3.05) is 6.54 Å². The summed E-state index contributed by atoms with van der Waals surface area (Å²) >= 11 is 5.90. The van der Waals surface area contributed by atoms with Crippen LogP contribution in [-0.2, 0) is 19.9 Å². The van der Waals surface area contributed by atoms with Crippen molar-refractivity contribution in [2.45, 2.75) is 31.7 Å². The topological polar surface area (TPSA) is 29.9 Å². The van der Waals surface area contributed by atoms with Gasteiger partial charge < -0.3 is 5.32 Å². The summed E-state index contributed by atoms with van der Waals surface area (Å²) in [6.45, 7) is 0.987. The normalized spacial score (nSPS) is 18.0. The summed E-state index contributed by atoms with van der Waals surface area (Å²) in [6, 6.07) is 8.56. The molecular weight excluding hydrogens is 270 g/mol. The third-order valence-electron chi connectivity index (χ3n) is 4.09. The Morgan fingerprint density at radius 2 is 2.15 bits per heavy atom. The van der Waals surface area contributed by atoms with Crippen LogP contribution in [0.3, 0.4) is 0 Å². The van der Waals surface area contributed by atoms with Crippen molar-refractivity contribution in [3.8, 4) is 0 Å². The van der Waals surface area contributed by atoms with E-state index in [0.29, 0.717) is 6.04 Å². The Hall–Kier alpha value is -1.32. The Labute approximate surface area is 124 Å². The molecule has 106 valence electrons. The molecule has 0 amide bonds. The van der Waals surface area contributed by atoms with E-state index in [1.54, 1.807) is 0 Å². The van der Waals surface area contributed by atoms with E-state index in [9.17, 15) is 0 Å². The molecule has 0 bridgehead atoms. The molecule has 20 heavy (non-hydrogen) atoms. The molecule has 1 aromatic heterocycles. The van der Waals surface area contributed by atoms with Gasteiger partial charge in [-0.3, -0.25) is 4.68 Å². The van der Waals surface area contributed by atoms with Crippen molar-refractivity contribution in [3.05, 3.63) is 52.3 Å². The molecule has 0 saturated carbocycles. The number of hydrogen-bond acceptors (Lipinski definition) is 2. The number of aromatic nitrogens is 2. The first-order valence-electron chi connectivity index (χ1n) is 7.22. The Morgan fingerprint density at radius 1 is 1.35 bits per heavy atom. The summed E-state index contributed by atoms with van der Waals surface area (Å²) in [5, 5.41) is 8.85. The molecule has 1 aliphatic carbocycles. The van der Waals surface area contributed by atoms with E-state index in [1.807, 2.05) is 30.1 Å². The van der Waals surface area contributed by atoms with Crippen LogP contribution in [0.2, 0.25) is 5.02 Å². The number of aryl methyl sites for hydroxylation is 1. The van der Waals surface area contributed by atoms with E-state index in [4.69, 9.17) is 11.6 Å². The van der Waals surface area contributed by atoms with Crippen LogP contribution in [0.5, 0.6) is 0 Å². The summed E-state index contributed by atoms with van der Waals surface area (Å²) in [5.41, 5.74) is 4.10. The van der Waals surface area contributed by atoms with Gasteiger partial charge in [0.05, 0.1) is 6.20 Å². The van der Waals surface area contributed by atoms with E-state index < -0.39 is 0 Å². The Balaban J connectivity index is 1.58. The standard InChI is InChI=1S/C16H20ClN3/c1-20-16-4-2-3-15(14(16)11-19-20)18-10-9-12-5-7-13(17)8-6-12/h5-8,11,15,18H,2-4,9-10H2,1H3. The maximum absolute atomic E-state index is 5.90. The average molecular weight is 290 g/mol. The van der Waals surface area contributed by atoms with Crippen LogP contribution in [0.4, 0.5) is 0 Å². The predicted octanol–water partition coefficient (Wildman–Crippen LogP) is 3.28. The molecule has 1 heterocycles. The first-order chi connectivity index (χ1) is 9.74. The van der Waals surface area contributed by atoms with Gasteiger partial charge in [-0.05, 0) is 49.9 Å². The maximum atomic E-state index is 5.90. The van der Waals surface area contributed by atoms with Crippen molar-refractivity contribution >= 4 is 11.6 Å². The highest BCUT2D eigenvalue weighted by Gasteiger charge is 2.22. The number of halogens is 1. The minimum Gasteiger partial charge on any atom is -0.309 e. The van der Waals surface area contributed by atoms with E-state index in [2.05, 4.69) is 22.5 Å². The lowest BCUT2D eigenvalue weighted by molar-refractivity contribution is 0.455. The van der Waals surface area contributed by atoms with Gasteiger partial charge in [0.2, 0.25) is 0 Å². The number of fused-ring (bicyclic) bond motifs is 1. The lowest BCUT2D eigenvalue weighted by atomic mass is 9.93. The molecule has 0 fully saturated rings. The fourth-order valence-electron chi connectivity index (χ4n) is 2.96. The number of nitrogens with zero attached hydrogens (tertiary/aromatic N) is 2. The van der Waals surface area contributed by atoms with Crippen LogP contribution in [-0.4, -0.2) is 16.3 Å². The Bertz CT molecular complexity index is 574. The third-order valence-corrected chi connectivity index (χ3v) is 4.35. The molecule has 1 aliphatic rings. The van der Waals surface area contributed by atoms with Crippen LogP contribution in [0.15, 0.2) is 30.5 Å². The van der Waals surface area contributed by atoms with Crippen LogP contribution < -0.4 is 5.32 Å². The maximum Gasteiger partial charge on any atom is 0.0540 e. The predicted molar refractivity (Wildman–Crippen MR) is 82.0 cm³/mol. The van der Waals surface area contributed by atoms with Crippen molar-refractivity contribution in [1.82, 2.24) is 15.1 Å². The van der Waals surface area contributed by atoms with Crippen molar-refractivity contribution in [3.63, 3.8) is 0 Å². The van der Waals surface area contributed by atoms with Crippen LogP contribution in [0.25, 0.3) is 0 Å². The number of rotatable bonds is 4. The van der Waals surface area contributed by atoms with Crippen LogP contribution in [0, 0.1) is 0 Å². The summed E-state index contributed by atoms with van der Waals surface area (Å²) in [6.07, 6.45) is 6.66. The van der Waals surface area contributed by atoms with Gasteiger partial charge in [-0.25, -0.2) is 0 Å². The molecule has 3 rings (SSSR count). The average Bonchev–Trinajstić information content (AvgIpc) is 2.84. The smallest absolute Gasteiger partial charge is 0.0540 e. The second-order valence-electron chi connectivity index (χ2n) is 5.45. The number of hydrogen-bond donors (Lipinski definition) is 1. The van der Waals surface area contributed by atoms with Gasteiger partial charge in [-0.2, -0.15) is 5.10 Å². The zero-order valence-corrected chi connectivity index (χ0v) is 12.5. The summed E-state index contributed by atoms with van der Waals surface area (Å²) < 4.78 is 2.02. The number of nitrogens with one attached hydrogen (secondary N) is 1. The monoisotopic (exact) mass is 289 g/mol. The molecule has 1 atom stereocenters. The zero-order chi connectivity index (χ0) is 13.9. The molecule has 3 nitrogen and oxygen atoms in total. The Kier molecular flexibility index (Phi) is 4.08. The van der Waals surface area contributed by atoms with E-state index in [-0.39, 0.29) is 0 Å². The molecule has 1 N–H and O–H groups in total. The largest absolute Gasteiger partial charge is 0.309 e. The molecule has 1 unspecified atom stereocenters. The molecule has 1 aromatic carbocycles. The van der Waals surface area contributed by atoms with Gasteiger partial charge in [0, 0.05) is 29.4 Å². The molecule has 2 aromatic rings. The molecule has 0 aliphatic heterocycles. The zero-order valence-electron chi connectivity index (χ0n) is 11.8. The van der Waals surface area contributed by atoms with E-state index in [0.717, 1.165) is 24.4 Å². The van der Waals surface area contributed by atoms with Crippen LogP contribution in [0.1, 0.15) is 35.7 Å². The highest BCUT2D eigenvalue weighted by Crippen LogP contribution is 2.28. The van der Waals surface area contributed by atoms with Crippen molar-refractivity contribution < 1.29 is 0 Å². The van der Waals surface area contributed by atoms with Gasteiger partial charge in [0.1, 0.15) is 0 Å². The molecular formula is C16H20ClN3. The van der Waals surface area contributed by atoms with Crippen LogP contribution >= 0.6 is 11.6 Å². The summed E-state index contributed by atoms with van der Waals surface area (Å²) in [7, 11) is 2.04. The lowest BCUT2D eigenvalue weighted by Gasteiger charge is -2.24. The first-order valence-corrected chi connectivity index (χ1v) is 7.60. The minimum atomic E-state index is 0.458. The fraction of sp³-hybridized carbons (Fsp3) is 0.438. The van der Waals surface area contributed by atoms with Gasteiger partial charge in [0.25, 0.3) is 0 Å². The quantitative estimate of drug-likeness (QED) is 0.936. The van der Waals surface area contributed by atoms with Gasteiger partial charge in [-0.15, -0.1) is 0 Å². The Morgan fingerprint density at radius 3 is 2.95 bits per heavy atom. The highest BCUT2D eigenvalue weighted by atomic mass is 35.5. The van der Waals surface area contributed by atoms with Gasteiger partial charge in [0.15, 0.2) is 0 Å². The second-order valence-corrected chi connectivity index (χ2v) is 5.88. The molecule has 0 saturated heterocycles. The summed E-state index contributed by atoms with van der Waals surface area (Å²) in [5.74, 6) is 0. The second kappa shape index (κ2) is 5.98. The van der Waals surface area contributed by atoms with Crippen molar-refractivity contribution in [1.29, 1.82) is 0 Å². The first kappa shape index (κ1) is 13.7. The fourth-order valence-corrected chi connectivity index (χ4v) is 3.09.